The third-order valence-corrected chi connectivity index (χ3v) is 7.90. The van der Waals surface area contributed by atoms with E-state index in [9.17, 15) is 0 Å². The molecule has 37 heavy (non-hydrogen) atoms. The minimum atomic E-state index is 1.05. The van der Waals surface area contributed by atoms with Gasteiger partial charge in [0.05, 0.1) is 0 Å². The van der Waals surface area contributed by atoms with Gasteiger partial charge < -0.3 is 0 Å². The molecule has 0 aromatic heterocycles. The maximum Gasteiger partial charge on any atom is 0.0332 e. The van der Waals surface area contributed by atoms with Crippen LogP contribution in [0.3, 0.4) is 0 Å². The predicted octanol–water partition coefficient (Wildman–Crippen LogP) is 11.0. The van der Waals surface area contributed by atoms with Gasteiger partial charge in [0.2, 0.25) is 0 Å². The number of hydrogen-bond acceptors (Lipinski definition) is 0. The molecule has 0 radical (unpaired) electrons. The van der Waals surface area contributed by atoms with Crippen LogP contribution in [0.1, 0.15) is 5.56 Å². The lowest BCUT2D eigenvalue weighted by Gasteiger charge is -2.17. The predicted molar refractivity (Wildman–Crippen MR) is 166 cm³/mol. The van der Waals surface area contributed by atoms with Gasteiger partial charge in [0.25, 0.3) is 0 Å². The Bertz CT molecular complexity index is 1860. The first-order chi connectivity index (χ1) is 18.2. The molecule has 0 saturated carbocycles. The second kappa shape index (κ2) is 9.69. The van der Waals surface area contributed by atoms with Crippen LogP contribution >= 0.6 is 15.9 Å². The quantitative estimate of drug-likeness (QED) is 0.152. The maximum atomic E-state index is 4.03. The van der Waals surface area contributed by atoms with E-state index >= 15 is 0 Å². The van der Waals surface area contributed by atoms with Crippen LogP contribution in [-0.2, 0) is 0 Å². The number of rotatable bonds is 5. The van der Waals surface area contributed by atoms with Gasteiger partial charge in [0.15, 0.2) is 0 Å². The van der Waals surface area contributed by atoms with E-state index in [1.165, 1.54) is 54.6 Å². The molecule has 6 rings (SSSR count). The topological polar surface area (TPSA) is 0 Å². The van der Waals surface area contributed by atoms with Crippen LogP contribution in [0.15, 0.2) is 145 Å². The summed E-state index contributed by atoms with van der Waals surface area (Å²) >= 11 is 3.99. The van der Waals surface area contributed by atoms with Crippen molar-refractivity contribution in [3.05, 3.63) is 151 Å². The van der Waals surface area contributed by atoms with E-state index in [0.29, 0.717) is 0 Å². The van der Waals surface area contributed by atoms with Gasteiger partial charge in [-0.05, 0) is 99.8 Å². The van der Waals surface area contributed by atoms with E-state index in [4.69, 9.17) is 0 Å². The Balaban J connectivity index is 1.72. The summed E-state index contributed by atoms with van der Waals surface area (Å²) in [5.41, 5.74) is 7.04. The summed E-state index contributed by atoms with van der Waals surface area (Å²) in [6.07, 6.45) is 5.71. The Hall–Kier alpha value is -4.20. The van der Waals surface area contributed by atoms with Gasteiger partial charge in [-0.2, -0.15) is 0 Å². The second-order valence-corrected chi connectivity index (χ2v) is 9.99. The van der Waals surface area contributed by atoms with Crippen molar-refractivity contribution in [2.75, 3.05) is 0 Å². The summed E-state index contributed by atoms with van der Waals surface area (Å²) in [5.74, 6) is 0. The lowest BCUT2D eigenvalue weighted by molar-refractivity contribution is 1.63. The molecule has 0 atom stereocenters. The third-order valence-electron chi connectivity index (χ3n) is 7.05. The van der Waals surface area contributed by atoms with Crippen molar-refractivity contribution < 1.29 is 0 Å². The van der Waals surface area contributed by atoms with Crippen molar-refractivity contribution in [1.29, 1.82) is 0 Å². The lowest BCUT2D eigenvalue weighted by atomic mass is 9.88. The molecule has 6 aromatic rings. The number of fused-ring (bicyclic) bond motifs is 3. The van der Waals surface area contributed by atoms with E-state index in [-0.39, 0.29) is 0 Å². The van der Waals surface area contributed by atoms with Crippen LogP contribution in [0, 0.1) is 0 Å². The normalized spacial score (nSPS) is 11.8. The molecule has 0 saturated heterocycles. The standard InChI is InChI=1S/C36H25Br/c1-3-10-24(4-2)28-18-20-32-33(22-28)35(30-16-15-26-13-8-9-14-27(26)21-30)31-19-17-29(23-34(31)36(32)37)25-11-6-5-7-12-25/h3-23H,1-2H2/b24-10+. The molecule has 0 N–H and O–H groups in total. The highest BCUT2D eigenvalue weighted by Gasteiger charge is 2.16. The summed E-state index contributed by atoms with van der Waals surface area (Å²) in [7, 11) is 0. The molecule has 0 fully saturated rings. The largest absolute Gasteiger partial charge is 0.0990 e. The Morgan fingerprint density at radius 2 is 1.30 bits per heavy atom. The molecule has 0 unspecified atom stereocenters. The molecule has 6 aromatic carbocycles. The fourth-order valence-electron chi connectivity index (χ4n) is 5.23. The average molecular weight is 538 g/mol. The van der Waals surface area contributed by atoms with Gasteiger partial charge in [0.1, 0.15) is 0 Å². The van der Waals surface area contributed by atoms with Crippen molar-refractivity contribution in [2.24, 2.45) is 0 Å². The van der Waals surface area contributed by atoms with Crippen LogP contribution in [0.5, 0.6) is 0 Å². The molecule has 0 heterocycles. The number of benzene rings is 6. The molecule has 0 bridgehead atoms. The fraction of sp³-hybridized carbons (Fsp3) is 0. The Morgan fingerprint density at radius 1 is 0.568 bits per heavy atom. The first-order valence-corrected chi connectivity index (χ1v) is 13.2. The van der Waals surface area contributed by atoms with Crippen molar-refractivity contribution in [2.45, 2.75) is 0 Å². The molecule has 0 aliphatic heterocycles. The second-order valence-electron chi connectivity index (χ2n) is 9.20. The first-order valence-electron chi connectivity index (χ1n) is 12.4. The van der Waals surface area contributed by atoms with Crippen LogP contribution in [0.2, 0.25) is 0 Å². The zero-order chi connectivity index (χ0) is 25.4. The maximum absolute atomic E-state index is 4.03. The highest BCUT2D eigenvalue weighted by molar-refractivity contribution is 9.10. The average Bonchev–Trinajstić information content (AvgIpc) is 2.96. The number of halogens is 1. The third kappa shape index (κ3) is 4.12. The zero-order valence-electron chi connectivity index (χ0n) is 20.4. The van der Waals surface area contributed by atoms with E-state index in [1.807, 2.05) is 18.2 Å². The van der Waals surface area contributed by atoms with Crippen molar-refractivity contribution in [3.63, 3.8) is 0 Å². The molecule has 0 nitrogen and oxygen atoms in total. The van der Waals surface area contributed by atoms with Gasteiger partial charge in [-0.25, -0.2) is 0 Å². The zero-order valence-corrected chi connectivity index (χ0v) is 22.0. The van der Waals surface area contributed by atoms with Crippen LogP contribution < -0.4 is 0 Å². The van der Waals surface area contributed by atoms with E-state index < -0.39 is 0 Å². The molecular weight excluding hydrogens is 512 g/mol. The fourth-order valence-corrected chi connectivity index (χ4v) is 5.90. The molecule has 0 spiro atoms. The molecule has 0 aliphatic rings. The molecular formula is C36H25Br. The van der Waals surface area contributed by atoms with Gasteiger partial charge in [-0.15, -0.1) is 0 Å². The van der Waals surface area contributed by atoms with E-state index in [0.717, 1.165) is 15.6 Å². The molecule has 176 valence electrons. The van der Waals surface area contributed by atoms with Gasteiger partial charge in [-0.1, -0.05) is 122 Å². The summed E-state index contributed by atoms with van der Waals surface area (Å²) in [6.45, 7) is 7.92. The van der Waals surface area contributed by atoms with Crippen molar-refractivity contribution in [1.82, 2.24) is 0 Å². The van der Waals surface area contributed by atoms with Crippen LogP contribution in [0.4, 0.5) is 0 Å². The summed E-state index contributed by atoms with van der Waals surface area (Å²) < 4.78 is 1.11. The van der Waals surface area contributed by atoms with Gasteiger partial charge in [0, 0.05) is 4.47 Å². The van der Waals surface area contributed by atoms with Crippen LogP contribution in [-0.4, -0.2) is 0 Å². The Morgan fingerprint density at radius 3 is 2.08 bits per heavy atom. The SMILES string of the molecule is C=C/C=C(\C=C)c1ccc2c(Br)c3cc(-c4ccccc4)ccc3c(-c3ccc4ccccc4c3)c2c1. The van der Waals surface area contributed by atoms with Crippen LogP contribution in [0.25, 0.3) is 60.1 Å². The van der Waals surface area contributed by atoms with Gasteiger partial charge >= 0.3 is 0 Å². The Labute approximate surface area is 226 Å². The lowest BCUT2D eigenvalue weighted by Crippen LogP contribution is -1.91. The number of hydrogen-bond donors (Lipinski definition) is 0. The summed E-state index contributed by atoms with van der Waals surface area (Å²) in [4.78, 5) is 0. The minimum absolute atomic E-state index is 1.05. The van der Waals surface area contributed by atoms with Gasteiger partial charge in [-0.3, -0.25) is 0 Å². The first kappa shape index (κ1) is 23.2. The van der Waals surface area contributed by atoms with Crippen molar-refractivity contribution >= 4 is 53.8 Å². The van der Waals surface area contributed by atoms with E-state index in [2.05, 4.69) is 138 Å². The minimum Gasteiger partial charge on any atom is -0.0990 e. The summed E-state index contributed by atoms with van der Waals surface area (Å²) in [6, 6.07) is 39.4. The Kier molecular flexibility index (Phi) is 6.08. The highest BCUT2D eigenvalue weighted by atomic mass is 79.9. The molecule has 1 heteroatoms. The monoisotopic (exact) mass is 536 g/mol. The molecule has 0 amide bonds. The number of allylic oxidation sites excluding steroid dienone is 4. The summed E-state index contributed by atoms with van der Waals surface area (Å²) in [5, 5.41) is 7.30. The highest BCUT2D eigenvalue weighted by Crippen LogP contribution is 2.44. The molecule has 0 aliphatic carbocycles. The van der Waals surface area contributed by atoms with E-state index in [1.54, 1.807) is 0 Å². The smallest absolute Gasteiger partial charge is 0.0332 e. The van der Waals surface area contributed by atoms with Crippen molar-refractivity contribution in [3.8, 4) is 22.3 Å².